The Labute approximate surface area is 251 Å². The predicted octanol–water partition coefficient (Wildman–Crippen LogP) is 2.59. The second-order valence-electron chi connectivity index (χ2n) is 11.6. The van der Waals surface area contributed by atoms with Gasteiger partial charge in [0.05, 0.1) is 0 Å². The highest BCUT2D eigenvalue weighted by atomic mass is 16.4. The van der Waals surface area contributed by atoms with Gasteiger partial charge in [0, 0.05) is 35.5 Å². The molecule has 2 aliphatic heterocycles. The first-order valence-corrected chi connectivity index (χ1v) is 15.0. The van der Waals surface area contributed by atoms with Gasteiger partial charge in [-0.2, -0.15) is 5.56 Å². The van der Waals surface area contributed by atoms with Gasteiger partial charge in [0.15, 0.2) is 5.56 Å². The van der Waals surface area contributed by atoms with E-state index >= 15 is 0 Å². The lowest BCUT2D eigenvalue weighted by molar-refractivity contribution is -0.138. The molecule has 4 heterocycles. The Morgan fingerprint density at radius 3 is 2.26 bits per heavy atom. The molecule has 0 bridgehead atoms. The average molecular weight is 591 g/mol. The van der Waals surface area contributed by atoms with E-state index in [1.54, 1.807) is 0 Å². The van der Waals surface area contributed by atoms with Gasteiger partial charge >= 0.3 is 11.9 Å². The summed E-state index contributed by atoms with van der Waals surface area (Å²) < 4.78 is 0. The molecule has 0 aliphatic carbocycles. The van der Waals surface area contributed by atoms with Gasteiger partial charge in [-0.05, 0) is 36.8 Å². The number of carbonyl (C=O) groups excluding carboxylic acids is 1. The van der Waals surface area contributed by atoms with Crippen LogP contribution in [0.15, 0.2) is 27.8 Å². The molecule has 3 atom stereocenters. The third-order valence-corrected chi connectivity index (χ3v) is 9.03. The van der Waals surface area contributed by atoms with E-state index in [1.807, 2.05) is 52.8 Å². The summed E-state index contributed by atoms with van der Waals surface area (Å²) in [7, 11) is 0. The fraction of sp³-hybridized carbons (Fsp3) is 0.455. The van der Waals surface area contributed by atoms with Gasteiger partial charge in [0.2, 0.25) is 5.91 Å². The standard InChI is InChI=1S/C33H42N4O6/c1-7-20-19(6)32(42)37-27(20)14-25-18(5)23(10-12-31(40)41)29(35-25)15-28-22(9-11-30(38)39)17(4)24(34-28)13-26-16(3)21(8-2)33(43)36-26/h13-15,19-20,27,34-35H,7-12H2,1-6H3,(H,36,43)(H,37,42)(H,38,39)(H,40,41)/q-2/b24-13+,25-14+,28-15-/t19-,20-,27?/m1/s1. The highest BCUT2D eigenvalue weighted by Gasteiger charge is 2.35. The maximum absolute atomic E-state index is 12.4. The zero-order chi connectivity index (χ0) is 31.6. The van der Waals surface area contributed by atoms with Crippen molar-refractivity contribution in [3.05, 3.63) is 78.0 Å². The summed E-state index contributed by atoms with van der Waals surface area (Å²) in [6.45, 7) is 11.7. The SMILES string of the molecule is CC[c-]1c(C)c(/C=c2/[nH]/c(=C\C3=C(CCC(=O)O)[C-](C)/C(=C\C4NC(=O)[C@H](C)[C@H]4CC)N3)c(CCC(=O)O)c2C)[nH]c1=O. The van der Waals surface area contributed by atoms with Gasteiger partial charge in [0.1, 0.15) is 0 Å². The van der Waals surface area contributed by atoms with E-state index in [-0.39, 0.29) is 42.2 Å². The second-order valence-corrected chi connectivity index (χ2v) is 11.6. The number of H-pyrrole nitrogens is 2. The molecule has 10 nitrogen and oxygen atoms in total. The van der Waals surface area contributed by atoms with E-state index in [0.29, 0.717) is 30.3 Å². The Bertz CT molecular complexity index is 1670. The van der Waals surface area contributed by atoms with Crippen molar-refractivity contribution in [1.82, 2.24) is 20.6 Å². The molecule has 1 fully saturated rings. The minimum absolute atomic E-state index is 0.0244. The van der Waals surface area contributed by atoms with E-state index in [1.165, 1.54) is 0 Å². The summed E-state index contributed by atoms with van der Waals surface area (Å²) in [4.78, 5) is 54.2. The number of hydrogen-bond acceptors (Lipinski definition) is 5. The molecular formula is C33H42N4O6-2. The number of nitrogens with one attached hydrogen (secondary N) is 4. The van der Waals surface area contributed by atoms with Crippen LogP contribution in [0.25, 0.3) is 12.2 Å². The Hall–Kier alpha value is -4.34. The Balaban J connectivity index is 1.83. The van der Waals surface area contributed by atoms with Crippen LogP contribution >= 0.6 is 0 Å². The Morgan fingerprint density at radius 2 is 1.65 bits per heavy atom. The molecule has 0 radical (unpaired) electrons. The van der Waals surface area contributed by atoms with Crippen molar-refractivity contribution in [2.75, 3.05) is 0 Å². The molecule has 0 spiro atoms. The summed E-state index contributed by atoms with van der Waals surface area (Å²) in [6, 6.07) is -0.145. The van der Waals surface area contributed by atoms with Crippen LogP contribution in [0.2, 0.25) is 0 Å². The monoisotopic (exact) mass is 590 g/mol. The first-order valence-electron chi connectivity index (χ1n) is 15.0. The quantitative estimate of drug-likeness (QED) is 0.219. The van der Waals surface area contributed by atoms with Gasteiger partial charge < -0.3 is 30.8 Å². The molecule has 2 aliphatic rings. The lowest BCUT2D eigenvalue weighted by atomic mass is 9.87. The van der Waals surface area contributed by atoms with Crippen molar-refractivity contribution in [2.45, 2.75) is 86.1 Å². The van der Waals surface area contributed by atoms with Gasteiger partial charge in [-0.1, -0.05) is 71.0 Å². The maximum Gasteiger partial charge on any atom is 0.303 e. The fourth-order valence-electron chi connectivity index (χ4n) is 6.37. The van der Waals surface area contributed by atoms with Crippen LogP contribution in [0.3, 0.4) is 0 Å². The van der Waals surface area contributed by atoms with E-state index in [9.17, 15) is 29.4 Å². The van der Waals surface area contributed by atoms with Crippen molar-refractivity contribution in [3.8, 4) is 0 Å². The van der Waals surface area contributed by atoms with Crippen molar-refractivity contribution in [2.24, 2.45) is 11.8 Å². The molecular weight excluding hydrogens is 548 g/mol. The summed E-state index contributed by atoms with van der Waals surface area (Å²) >= 11 is 0. The van der Waals surface area contributed by atoms with Crippen molar-refractivity contribution < 1.29 is 24.6 Å². The van der Waals surface area contributed by atoms with Crippen LogP contribution in [-0.2, 0) is 27.2 Å². The Kier molecular flexibility index (Phi) is 9.47. The number of rotatable bonds is 11. The van der Waals surface area contributed by atoms with Crippen LogP contribution in [-0.4, -0.2) is 44.1 Å². The number of amides is 1. The number of hydrogen-bond donors (Lipinski definition) is 6. The largest absolute Gasteiger partial charge is 0.481 e. The lowest BCUT2D eigenvalue weighted by Crippen LogP contribution is -2.28. The van der Waals surface area contributed by atoms with Gasteiger partial charge in [-0.15, -0.1) is 28.8 Å². The number of carbonyl (C=O) groups is 3. The minimum atomic E-state index is -0.908. The molecule has 2 aromatic heterocycles. The highest BCUT2D eigenvalue weighted by molar-refractivity contribution is 5.82. The van der Waals surface area contributed by atoms with E-state index in [2.05, 4.69) is 27.5 Å². The molecule has 2 aromatic rings. The van der Waals surface area contributed by atoms with E-state index in [0.717, 1.165) is 56.9 Å². The molecule has 6 N–H and O–H groups in total. The predicted molar refractivity (Wildman–Crippen MR) is 164 cm³/mol. The number of aromatic nitrogens is 2. The molecule has 10 heteroatoms. The normalized spacial score (nSPS) is 22.2. The number of aliphatic carboxylic acids is 2. The highest BCUT2D eigenvalue weighted by Crippen LogP contribution is 2.36. The van der Waals surface area contributed by atoms with Gasteiger partial charge in [-0.3, -0.25) is 19.2 Å². The number of carboxylic acid groups (broad SMARTS) is 2. The van der Waals surface area contributed by atoms with Crippen molar-refractivity contribution in [3.63, 3.8) is 0 Å². The zero-order valence-electron chi connectivity index (χ0n) is 25.7. The number of carboxylic acids is 2. The molecule has 1 saturated heterocycles. The van der Waals surface area contributed by atoms with Crippen LogP contribution in [0.5, 0.6) is 0 Å². The van der Waals surface area contributed by atoms with Crippen molar-refractivity contribution in [1.29, 1.82) is 0 Å². The number of aromatic amines is 2. The van der Waals surface area contributed by atoms with Crippen molar-refractivity contribution >= 4 is 30.0 Å². The first-order chi connectivity index (χ1) is 20.4. The summed E-state index contributed by atoms with van der Waals surface area (Å²) in [5.41, 5.74) is 6.33. The summed E-state index contributed by atoms with van der Waals surface area (Å²) in [5.74, 6) is -0.820. The van der Waals surface area contributed by atoms with Crippen LogP contribution in [0, 0.1) is 31.6 Å². The third-order valence-electron chi connectivity index (χ3n) is 9.03. The van der Waals surface area contributed by atoms with Gasteiger partial charge in [0.25, 0.3) is 0 Å². The smallest absolute Gasteiger partial charge is 0.303 e. The number of allylic oxidation sites excluding steroid dienone is 2. The van der Waals surface area contributed by atoms with Gasteiger partial charge in [-0.25, -0.2) is 0 Å². The summed E-state index contributed by atoms with van der Waals surface area (Å²) in [5, 5.41) is 26.9. The zero-order valence-corrected chi connectivity index (χ0v) is 25.7. The molecule has 43 heavy (non-hydrogen) atoms. The molecule has 1 amide bonds. The Morgan fingerprint density at radius 1 is 0.977 bits per heavy atom. The molecule has 0 aromatic carbocycles. The molecule has 232 valence electrons. The third kappa shape index (κ3) is 6.53. The van der Waals surface area contributed by atoms with E-state index < -0.39 is 11.9 Å². The van der Waals surface area contributed by atoms with Crippen LogP contribution in [0.1, 0.15) is 81.3 Å². The van der Waals surface area contributed by atoms with Crippen LogP contribution < -0.4 is 26.9 Å². The first kappa shape index (κ1) is 31.6. The van der Waals surface area contributed by atoms with E-state index in [4.69, 9.17) is 0 Å². The molecule has 1 unspecified atom stereocenters. The summed E-state index contributed by atoms with van der Waals surface area (Å²) in [6.07, 6.45) is 7.77. The second kappa shape index (κ2) is 12.9. The lowest BCUT2D eigenvalue weighted by Gasteiger charge is -2.24. The average Bonchev–Trinajstić information content (AvgIpc) is 3.59. The maximum atomic E-state index is 12.4. The van der Waals surface area contributed by atoms with Crippen LogP contribution in [0.4, 0.5) is 0 Å². The molecule has 0 saturated carbocycles. The minimum Gasteiger partial charge on any atom is -0.481 e. The topological polar surface area (TPSA) is 164 Å². The molecule has 4 rings (SSSR count). The fourth-order valence-corrected chi connectivity index (χ4v) is 6.37.